The van der Waals surface area contributed by atoms with Crippen molar-refractivity contribution < 1.29 is 4.74 Å². The molecule has 2 nitrogen and oxygen atoms in total. The SMILES string of the molecule is Clc1cccc(CSC2CCOCC2)n1. The maximum Gasteiger partial charge on any atom is 0.129 e. The van der Waals surface area contributed by atoms with Gasteiger partial charge in [-0.3, -0.25) is 0 Å². The van der Waals surface area contributed by atoms with Crippen molar-refractivity contribution in [3.8, 4) is 0 Å². The van der Waals surface area contributed by atoms with E-state index in [1.54, 1.807) is 0 Å². The zero-order valence-electron chi connectivity index (χ0n) is 8.49. The van der Waals surface area contributed by atoms with Gasteiger partial charge in [-0.15, -0.1) is 0 Å². The van der Waals surface area contributed by atoms with Crippen molar-refractivity contribution in [3.63, 3.8) is 0 Å². The van der Waals surface area contributed by atoms with Gasteiger partial charge in [-0.1, -0.05) is 17.7 Å². The van der Waals surface area contributed by atoms with Crippen LogP contribution in [0.4, 0.5) is 0 Å². The van der Waals surface area contributed by atoms with Crippen molar-refractivity contribution >= 4 is 23.4 Å². The van der Waals surface area contributed by atoms with Gasteiger partial charge in [0.05, 0.1) is 5.69 Å². The third-order valence-electron chi connectivity index (χ3n) is 2.41. The molecular formula is C11H14ClNOS. The Bertz CT molecular complexity index is 315. The highest BCUT2D eigenvalue weighted by atomic mass is 35.5. The highest BCUT2D eigenvalue weighted by Gasteiger charge is 2.14. The number of pyridine rings is 1. The number of aromatic nitrogens is 1. The molecule has 0 radical (unpaired) electrons. The van der Waals surface area contributed by atoms with Gasteiger partial charge in [0.25, 0.3) is 0 Å². The number of ether oxygens (including phenoxy) is 1. The fraction of sp³-hybridized carbons (Fsp3) is 0.545. The molecule has 0 aliphatic carbocycles. The van der Waals surface area contributed by atoms with Gasteiger partial charge in [-0.25, -0.2) is 4.98 Å². The number of hydrogen-bond donors (Lipinski definition) is 0. The molecule has 4 heteroatoms. The highest BCUT2D eigenvalue weighted by molar-refractivity contribution is 7.99. The smallest absolute Gasteiger partial charge is 0.129 e. The van der Waals surface area contributed by atoms with Crippen LogP contribution in [0.5, 0.6) is 0 Å². The van der Waals surface area contributed by atoms with Crippen molar-refractivity contribution in [1.82, 2.24) is 4.98 Å². The molecular weight excluding hydrogens is 230 g/mol. The Morgan fingerprint density at radius 3 is 2.93 bits per heavy atom. The van der Waals surface area contributed by atoms with Crippen LogP contribution in [0, 0.1) is 0 Å². The van der Waals surface area contributed by atoms with Gasteiger partial charge in [0.2, 0.25) is 0 Å². The molecule has 1 aromatic rings. The molecule has 1 saturated heterocycles. The van der Waals surface area contributed by atoms with E-state index in [1.165, 1.54) is 0 Å². The Morgan fingerprint density at radius 1 is 1.40 bits per heavy atom. The largest absolute Gasteiger partial charge is 0.381 e. The van der Waals surface area contributed by atoms with Crippen LogP contribution in [0.15, 0.2) is 18.2 Å². The van der Waals surface area contributed by atoms with Gasteiger partial charge in [0.15, 0.2) is 0 Å². The summed E-state index contributed by atoms with van der Waals surface area (Å²) >= 11 is 7.78. The zero-order chi connectivity index (χ0) is 10.5. The summed E-state index contributed by atoms with van der Waals surface area (Å²) in [6, 6.07) is 5.79. The van der Waals surface area contributed by atoms with Crippen LogP contribution in [0.25, 0.3) is 0 Å². The number of hydrogen-bond acceptors (Lipinski definition) is 3. The van der Waals surface area contributed by atoms with Gasteiger partial charge >= 0.3 is 0 Å². The minimum Gasteiger partial charge on any atom is -0.381 e. The van der Waals surface area contributed by atoms with Gasteiger partial charge in [0.1, 0.15) is 5.15 Å². The van der Waals surface area contributed by atoms with Gasteiger partial charge in [0, 0.05) is 24.2 Å². The second kappa shape index (κ2) is 5.73. The van der Waals surface area contributed by atoms with Crippen molar-refractivity contribution in [1.29, 1.82) is 0 Å². The average Bonchev–Trinajstić information content (AvgIpc) is 2.28. The number of halogens is 1. The third-order valence-corrected chi connectivity index (χ3v) is 4.02. The summed E-state index contributed by atoms with van der Waals surface area (Å²) < 4.78 is 5.32. The van der Waals surface area contributed by atoms with E-state index in [0.717, 1.165) is 42.8 Å². The lowest BCUT2D eigenvalue weighted by molar-refractivity contribution is 0.1000. The fourth-order valence-electron chi connectivity index (χ4n) is 1.58. The molecule has 1 aliphatic heterocycles. The van der Waals surface area contributed by atoms with E-state index in [9.17, 15) is 0 Å². The van der Waals surface area contributed by atoms with Crippen molar-refractivity contribution in [2.45, 2.75) is 23.8 Å². The molecule has 1 aromatic heterocycles. The molecule has 0 bridgehead atoms. The van der Waals surface area contributed by atoms with Gasteiger partial charge in [-0.05, 0) is 25.0 Å². The van der Waals surface area contributed by atoms with E-state index in [2.05, 4.69) is 4.98 Å². The van der Waals surface area contributed by atoms with E-state index >= 15 is 0 Å². The standard InChI is InChI=1S/C11H14ClNOS/c12-11-3-1-2-9(13-11)8-15-10-4-6-14-7-5-10/h1-3,10H,4-8H2. The van der Waals surface area contributed by atoms with Crippen LogP contribution in [0.2, 0.25) is 5.15 Å². The third kappa shape index (κ3) is 3.67. The summed E-state index contributed by atoms with van der Waals surface area (Å²) in [5.41, 5.74) is 1.07. The number of rotatable bonds is 3. The molecule has 0 N–H and O–H groups in total. The first kappa shape index (κ1) is 11.2. The Hall–Kier alpha value is -0.250. The number of thioether (sulfide) groups is 1. The molecule has 0 atom stereocenters. The van der Waals surface area contributed by atoms with Crippen LogP contribution in [-0.2, 0) is 10.5 Å². The van der Waals surface area contributed by atoms with Gasteiger partial charge < -0.3 is 4.74 Å². The lowest BCUT2D eigenvalue weighted by Gasteiger charge is -2.21. The molecule has 0 spiro atoms. The van der Waals surface area contributed by atoms with Crippen LogP contribution in [-0.4, -0.2) is 23.4 Å². The number of nitrogens with zero attached hydrogens (tertiary/aromatic N) is 1. The Morgan fingerprint density at radius 2 is 2.20 bits per heavy atom. The van der Waals surface area contributed by atoms with Crippen LogP contribution >= 0.6 is 23.4 Å². The van der Waals surface area contributed by atoms with E-state index in [4.69, 9.17) is 16.3 Å². The van der Waals surface area contributed by atoms with Crippen LogP contribution < -0.4 is 0 Å². The van der Waals surface area contributed by atoms with Crippen molar-refractivity contribution in [3.05, 3.63) is 29.0 Å². The monoisotopic (exact) mass is 243 g/mol. The molecule has 2 rings (SSSR count). The maximum absolute atomic E-state index is 5.83. The Balaban J connectivity index is 1.81. The minimum atomic E-state index is 0.583. The topological polar surface area (TPSA) is 22.1 Å². The summed E-state index contributed by atoms with van der Waals surface area (Å²) in [5, 5.41) is 1.31. The summed E-state index contributed by atoms with van der Waals surface area (Å²) in [4.78, 5) is 4.27. The molecule has 0 amide bonds. The van der Waals surface area contributed by atoms with Crippen LogP contribution in [0.3, 0.4) is 0 Å². The van der Waals surface area contributed by atoms with E-state index in [-0.39, 0.29) is 0 Å². The first-order chi connectivity index (χ1) is 7.34. The first-order valence-corrected chi connectivity index (χ1v) is 6.58. The molecule has 1 aliphatic rings. The predicted molar refractivity (Wildman–Crippen MR) is 64.4 cm³/mol. The zero-order valence-corrected chi connectivity index (χ0v) is 10.1. The van der Waals surface area contributed by atoms with E-state index in [1.807, 2.05) is 30.0 Å². The summed E-state index contributed by atoms with van der Waals surface area (Å²) in [7, 11) is 0. The first-order valence-electron chi connectivity index (χ1n) is 5.15. The lowest BCUT2D eigenvalue weighted by atomic mass is 10.2. The van der Waals surface area contributed by atoms with Crippen LogP contribution in [0.1, 0.15) is 18.5 Å². The Kier molecular flexibility index (Phi) is 4.29. The molecule has 1 fully saturated rings. The predicted octanol–water partition coefficient (Wildman–Crippen LogP) is 3.15. The molecule has 0 aromatic carbocycles. The normalized spacial score (nSPS) is 17.9. The maximum atomic E-state index is 5.83. The van der Waals surface area contributed by atoms with E-state index in [0.29, 0.717) is 5.15 Å². The molecule has 0 saturated carbocycles. The summed E-state index contributed by atoms with van der Waals surface area (Å²) in [6.45, 7) is 1.81. The Labute approximate surface area is 99.4 Å². The highest BCUT2D eigenvalue weighted by Crippen LogP contribution is 2.25. The second-order valence-corrected chi connectivity index (χ2v) is 5.25. The molecule has 82 valence electrons. The average molecular weight is 244 g/mol. The molecule has 15 heavy (non-hydrogen) atoms. The lowest BCUT2D eigenvalue weighted by Crippen LogP contribution is -2.17. The fourth-order valence-corrected chi connectivity index (χ4v) is 2.85. The quantitative estimate of drug-likeness (QED) is 0.762. The van der Waals surface area contributed by atoms with Crippen molar-refractivity contribution in [2.24, 2.45) is 0 Å². The molecule has 2 heterocycles. The summed E-state index contributed by atoms with van der Waals surface area (Å²) in [6.07, 6.45) is 2.32. The minimum absolute atomic E-state index is 0.583. The van der Waals surface area contributed by atoms with Gasteiger partial charge in [-0.2, -0.15) is 11.8 Å². The van der Waals surface area contributed by atoms with Crippen molar-refractivity contribution in [2.75, 3.05) is 13.2 Å². The molecule has 0 unspecified atom stereocenters. The van der Waals surface area contributed by atoms with E-state index < -0.39 is 0 Å². The summed E-state index contributed by atoms with van der Waals surface area (Å²) in [5.74, 6) is 0.950. The second-order valence-electron chi connectivity index (χ2n) is 3.57.